The van der Waals surface area contributed by atoms with E-state index in [1.165, 1.54) is 19.4 Å². The van der Waals surface area contributed by atoms with E-state index < -0.39 is 5.82 Å². The van der Waals surface area contributed by atoms with Crippen molar-refractivity contribution >= 4 is 0 Å². The molecule has 1 aromatic carbocycles. The number of benzene rings is 1. The monoisotopic (exact) mass is 280 g/mol. The Morgan fingerprint density at radius 1 is 1.35 bits per heavy atom. The van der Waals surface area contributed by atoms with Crippen LogP contribution in [0.1, 0.15) is 5.69 Å². The van der Waals surface area contributed by atoms with Crippen LogP contribution >= 0.6 is 0 Å². The quantitative estimate of drug-likeness (QED) is 0.788. The van der Waals surface area contributed by atoms with E-state index in [1.54, 1.807) is 19.2 Å². The summed E-state index contributed by atoms with van der Waals surface area (Å²) in [6.45, 7) is 1.86. The number of ether oxygens (including phenoxy) is 2. The van der Waals surface area contributed by atoms with E-state index in [2.05, 4.69) is 10.3 Å². The maximum Gasteiger partial charge on any atom is 0.232 e. The molecule has 0 radical (unpaired) electrons. The molecule has 0 saturated carbocycles. The van der Waals surface area contributed by atoms with Gasteiger partial charge in [0, 0.05) is 20.2 Å². The molecule has 0 aliphatic heterocycles. The highest BCUT2D eigenvalue weighted by Gasteiger charge is 2.16. The molecule has 0 fully saturated rings. The zero-order valence-electron chi connectivity index (χ0n) is 11.5. The molecule has 20 heavy (non-hydrogen) atoms. The molecule has 0 aliphatic carbocycles. The highest BCUT2D eigenvalue weighted by Crippen LogP contribution is 2.31. The van der Waals surface area contributed by atoms with E-state index in [1.807, 2.05) is 0 Å². The molecule has 0 amide bonds. The predicted octanol–water partition coefficient (Wildman–Crippen LogP) is 2.23. The number of methoxy groups -OCH3 is 2. The minimum absolute atomic E-state index is 0.212. The first-order chi connectivity index (χ1) is 9.76. The van der Waals surface area contributed by atoms with E-state index in [9.17, 15) is 4.39 Å². The van der Waals surface area contributed by atoms with Gasteiger partial charge < -0.3 is 19.2 Å². The maximum absolute atomic E-state index is 13.9. The Morgan fingerprint density at radius 2 is 2.20 bits per heavy atom. The topological polar surface area (TPSA) is 56.5 Å². The lowest BCUT2D eigenvalue weighted by Gasteiger charge is -2.05. The lowest BCUT2D eigenvalue weighted by molar-refractivity contribution is 0.199. The Kier molecular flexibility index (Phi) is 5.09. The Morgan fingerprint density at radius 3 is 2.95 bits per heavy atom. The van der Waals surface area contributed by atoms with Crippen LogP contribution in [0.25, 0.3) is 11.5 Å². The highest BCUT2D eigenvalue weighted by molar-refractivity contribution is 5.63. The summed E-state index contributed by atoms with van der Waals surface area (Å²) < 4.78 is 29.3. The van der Waals surface area contributed by atoms with Crippen LogP contribution in [0.5, 0.6) is 5.75 Å². The molecule has 6 heteroatoms. The first kappa shape index (κ1) is 14.5. The summed E-state index contributed by atoms with van der Waals surface area (Å²) >= 11 is 0. The molecular weight excluding hydrogens is 263 g/mol. The van der Waals surface area contributed by atoms with Gasteiger partial charge in [0.05, 0.1) is 19.4 Å². The maximum atomic E-state index is 13.9. The first-order valence-corrected chi connectivity index (χ1v) is 6.23. The van der Waals surface area contributed by atoms with Crippen LogP contribution in [-0.4, -0.2) is 32.4 Å². The van der Waals surface area contributed by atoms with Crippen molar-refractivity contribution in [3.63, 3.8) is 0 Å². The molecule has 0 bridgehead atoms. The molecular formula is C14H17FN2O3. The van der Waals surface area contributed by atoms with Crippen molar-refractivity contribution in [2.75, 3.05) is 27.4 Å². The Labute approximate surface area is 116 Å². The van der Waals surface area contributed by atoms with Gasteiger partial charge in [-0.05, 0) is 12.1 Å². The Hall–Kier alpha value is -1.92. The average molecular weight is 280 g/mol. The number of hydrogen-bond acceptors (Lipinski definition) is 5. The van der Waals surface area contributed by atoms with Gasteiger partial charge in [-0.1, -0.05) is 6.07 Å². The molecule has 0 spiro atoms. The van der Waals surface area contributed by atoms with Crippen molar-refractivity contribution in [2.24, 2.45) is 0 Å². The van der Waals surface area contributed by atoms with Crippen LogP contribution in [0.4, 0.5) is 4.39 Å². The summed E-state index contributed by atoms with van der Waals surface area (Å²) in [4.78, 5) is 4.26. The summed E-state index contributed by atoms with van der Waals surface area (Å²) in [6.07, 6.45) is 1.50. The second-order valence-electron chi connectivity index (χ2n) is 4.13. The molecule has 0 saturated heterocycles. The van der Waals surface area contributed by atoms with Gasteiger partial charge in [-0.3, -0.25) is 0 Å². The van der Waals surface area contributed by atoms with E-state index in [0.29, 0.717) is 31.1 Å². The molecule has 0 atom stereocenters. The normalized spacial score (nSPS) is 10.8. The molecule has 2 aromatic rings. The highest BCUT2D eigenvalue weighted by atomic mass is 19.1. The molecule has 1 heterocycles. The fourth-order valence-corrected chi connectivity index (χ4v) is 1.78. The van der Waals surface area contributed by atoms with Crippen molar-refractivity contribution in [2.45, 2.75) is 6.54 Å². The van der Waals surface area contributed by atoms with Crippen LogP contribution in [0, 0.1) is 5.82 Å². The van der Waals surface area contributed by atoms with Gasteiger partial charge in [-0.15, -0.1) is 0 Å². The third-order valence-corrected chi connectivity index (χ3v) is 2.75. The summed E-state index contributed by atoms with van der Waals surface area (Å²) in [5, 5.41) is 3.14. The first-order valence-electron chi connectivity index (χ1n) is 6.23. The van der Waals surface area contributed by atoms with Crippen molar-refractivity contribution < 1.29 is 18.3 Å². The summed E-state index contributed by atoms with van der Waals surface area (Å²) in [5.41, 5.74) is 0.930. The van der Waals surface area contributed by atoms with E-state index >= 15 is 0 Å². The Bertz CT molecular complexity index is 557. The zero-order chi connectivity index (χ0) is 14.4. The predicted molar refractivity (Wildman–Crippen MR) is 72.0 cm³/mol. The lowest BCUT2D eigenvalue weighted by Crippen LogP contribution is -2.18. The number of rotatable bonds is 7. The standard InChI is InChI=1S/C14H17FN2O3/c1-18-7-6-16-8-10-9-20-14(17-10)13-11(15)4-3-5-12(13)19-2/h3-5,9,16H,6-8H2,1-2H3. The van der Waals surface area contributed by atoms with Gasteiger partial charge in [-0.25, -0.2) is 9.37 Å². The summed E-state index contributed by atoms with van der Waals surface area (Å²) in [6, 6.07) is 4.59. The fourth-order valence-electron chi connectivity index (χ4n) is 1.78. The Balaban J connectivity index is 2.12. The molecule has 0 unspecified atom stereocenters. The van der Waals surface area contributed by atoms with Crippen LogP contribution < -0.4 is 10.1 Å². The second kappa shape index (κ2) is 7.02. The third-order valence-electron chi connectivity index (χ3n) is 2.75. The van der Waals surface area contributed by atoms with Gasteiger partial charge >= 0.3 is 0 Å². The molecule has 2 rings (SSSR count). The zero-order valence-corrected chi connectivity index (χ0v) is 11.5. The number of aromatic nitrogens is 1. The van der Waals surface area contributed by atoms with E-state index in [4.69, 9.17) is 13.9 Å². The molecule has 5 nitrogen and oxygen atoms in total. The molecule has 1 aromatic heterocycles. The minimum Gasteiger partial charge on any atom is -0.496 e. The van der Waals surface area contributed by atoms with Gasteiger partial charge in [0.25, 0.3) is 0 Å². The average Bonchev–Trinajstić information content (AvgIpc) is 2.91. The van der Waals surface area contributed by atoms with Crippen LogP contribution in [0.3, 0.4) is 0 Å². The fraction of sp³-hybridized carbons (Fsp3) is 0.357. The molecule has 1 N–H and O–H groups in total. The van der Waals surface area contributed by atoms with Crippen molar-refractivity contribution in [3.05, 3.63) is 36.0 Å². The van der Waals surface area contributed by atoms with Crippen molar-refractivity contribution in [1.82, 2.24) is 10.3 Å². The number of nitrogens with zero attached hydrogens (tertiary/aromatic N) is 1. The SMILES string of the molecule is COCCNCc1coc(-c2c(F)cccc2OC)n1. The van der Waals surface area contributed by atoms with Crippen LogP contribution in [0.15, 0.2) is 28.9 Å². The lowest BCUT2D eigenvalue weighted by atomic mass is 10.2. The van der Waals surface area contributed by atoms with Crippen LogP contribution in [-0.2, 0) is 11.3 Å². The number of halogens is 1. The van der Waals surface area contributed by atoms with Crippen molar-refractivity contribution in [3.8, 4) is 17.2 Å². The second-order valence-corrected chi connectivity index (χ2v) is 4.13. The third kappa shape index (κ3) is 3.34. The van der Waals surface area contributed by atoms with Gasteiger partial charge in [0.2, 0.25) is 5.89 Å². The number of nitrogens with one attached hydrogen (secondary N) is 1. The summed E-state index contributed by atoms with van der Waals surface area (Å²) in [5.74, 6) is 0.180. The van der Waals surface area contributed by atoms with Crippen LogP contribution in [0.2, 0.25) is 0 Å². The van der Waals surface area contributed by atoms with E-state index in [-0.39, 0.29) is 11.5 Å². The van der Waals surface area contributed by atoms with Gasteiger partial charge in [-0.2, -0.15) is 0 Å². The van der Waals surface area contributed by atoms with E-state index in [0.717, 1.165) is 0 Å². The van der Waals surface area contributed by atoms with Gasteiger partial charge in [0.15, 0.2) is 0 Å². The molecule has 108 valence electrons. The number of hydrogen-bond donors (Lipinski definition) is 1. The minimum atomic E-state index is -0.426. The molecule has 0 aliphatic rings. The smallest absolute Gasteiger partial charge is 0.232 e. The summed E-state index contributed by atoms with van der Waals surface area (Å²) in [7, 11) is 3.12. The van der Waals surface area contributed by atoms with Gasteiger partial charge in [0.1, 0.15) is 23.4 Å². The van der Waals surface area contributed by atoms with Crippen molar-refractivity contribution in [1.29, 1.82) is 0 Å². The largest absolute Gasteiger partial charge is 0.496 e. The number of oxazole rings is 1.